The maximum Gasteiger partial charge on any atom is 0.137 e. The van der Waals surface area contributed by atoms with Crippen molar-refractivity contribution in [2.24, 2.45) is 0 Å². The zero-order chi connectivity index (χ0) is 9.84. The Morgan fingerprint density at radius 3 is 2.69 bits per heavy atom. The van der Waals surface area contributed by atoms with Crippen molar-refractivity contribution in [1.82, 2.24) is 0 Å². The lowest BCUT2D eigenvalue weighted by molar-refractivity contribution is 0.621. The first kappa shape index (κ1) is 10.9. The van der Waals surface area contributed by atoms with Crippen LogP contribution in [-0.2, 0) is 0 Å². The first-order valence-corrected chi connectivity index (χ1v) is 5.58. The van der Waals surface area contributed by atoms with Gasteiger partial charge in [-0.15, -0.1) is 0 Å². The van der Waals surface area contributed by atoms with E-state index in [1.807, 2.05) is 25.1 Å². The van der Waals surface area contributed by atoms with Gasteiger partial charge in [-0.3, -0.25) is 0 Å². The lowest BCUT2D eigenvalue weighted by Crippen LogP contribution is -1.82. The van der Waals surface area contributed by atoms with Crippen LogP contribution in [0.1, 0.15) is 12.5 Å². The van der Waals surface area contributed by atoms with E-state index in [2.05, 4.69) is 31.9 Å². The van der Waals surface area contributed by atoms with Gasteiger partial charge in [0.15, 0.2) is 0 Å². The number of halogens is 3. The minimum atomic E-state index is -0.232. The summed E-state index contributed by atoms with van der Waals surface area (Å²) >= 11 is 6.48. The minimum absolute atomic E-state index is 0.232. The molecule has 0 saturated carbocycles. The second-order valence-electron chi connectivity index (χ2n) is 2.71. The first-order chi connectivity index (χ1) is 6.09. The smallest absolute Gasteiger partial charge is 0.137 e. The molecule has 0 aliphatic rings. The summed E-state index contributed by atoms with van der Waals surface area (Å²) in [6, 6.07) is 5.06. The molecular weight excluding hydrogens is 299 g/mol. The Balaban J connectivity index is 2.85. The van der Waals surface area contributed by atoms with E-state index in [4.69, 9.17) is 0 Å². The van der Waals surface area contributed by atoms with Gasteiger partial charge < -0.3 is 0 Å². The molecule has 0 aromatic heterocycles. The molecule has 1 unspecified atom stereocenters. The highest BCUT2D eigenvalue weighted by Crippen LogP contribution is 2.17. The molecule has 0 amide bonds. The summed E-state index contributed by atoms with van der Waals surface area (Å²) in [7, 11) is 0. The molecule has 0 fully saturated rings. The Morgan fingerprint density at radius 1 is 1.46 bits per heavy atom. The summed E-state index contributed by atoms with van der Waals surface area (Å²) < 4.78 is 13.5. The molecule has 1 aromatic carbocycles. The van der Waals surface area contributed by atoms with Gasteiger partial charge in [0.05, 0.1) is 4.47 Å². The van der Waals surface area contributed by atoms with Crippen molar-refractivity contribution >= 4 is 37.9 Å². The van der Waals surface area contributed by atoms with Crippen LogP contribution in [0.4, 0.5) is 4.39 Å². The fourth-order valence-corrected chi connectivity index (χ4v) is 1.26. The van der Waals surface area contributed by atoms with Crippen LogP contribution in [-0.4, -0.2) is 4.83 Å². The molecule has 0 aliphatic carbocycles. The molecule has 70 valence electrons. The van der Waals surface area contributed by atoms with Gasteiger partial charge >= 0.3 is 0 Å². The SMILES string of the molecule is CC(Br)/C=C/c1ccc(Br)c(F)c1. The van der Waals surface area contributed by atoms with Crippen LogP contribution in [0.2, 0.25) is 0 Å². The van der Waals surface area contributed by atoms with Gasteiger partial charge in [-0.25, -0.2) is 4.39 Å². The first-order valence-electron chi connectivity index (χ1n) is 3.87. The van der Waals surface area contributed by atoms with Gasteiger partial charge in [0.2, 0.25) is 0 Å². The van der Waals surface area contributed by atoms with Gasteiger partial charge in [-0.05, 0) is 40.5 Å². The minimum Gasteiger partial charge on any atom is -0.206 e. The molecule has 0 aliphatic heterocycles. The van der Waals surface area contributed by atoms with E-state index in [-0.39, 0.29) is 5.82 Å². The van der Waals surface area contributed by atoms with E-state index >= 15 is 0 Å². The van der Waals surface area contributed by atoms with Crippen molar-refractivity contribution < 1.29 is 4.39 Å². The number of alkyl halides is 1. The van der Waals surface area contributed by atoms with E-state index in [0.717, 1.165) is 5.56 Å². The lowest BCUT2D eigenvalue weighted by Gasteiger charge is -1.97. The summed E-state index contributed by atoms with van der Waals surface area (Å²) in [6.45, 7) is 2.01. The number of allylic oxidation sites excluding steroid dienone is 1. The zero-order valence-corrected chi connectivity index (χ0v) is 10.3. The Kier molecular flexibility index (Phi) is 4.13. The summed E-state index contributed by atoms with van der Waals surface area (Å²) in [5.74, 6) is -0.232. The number of hydrogen-bond donors (Lipinski definition) is 0. The van der Waals surface area contributed by atoms with E-state index in [0.29, 0.717) is 9.30 Å². The van der Waals surface area contributed by atoms with Crippen LogP contribution in [0.15, 0.2) is 28.7 Å². The summed E-state index contributed by atoms with van der Waals surface area (Å²) in [4.78, 5) is 0.305. The fourth-order valence-electron chi connectivity index (χ4n) is 0.860. The maximum absolute atomic E-state index is 13.0. The average Bonchev–Trinajstić information content (AvgIpc) is 2.07. The molecule has 0 saturated heterocycles. The molecule has 0 heterocycles. The second kappa shape index (κ2) is 4.91. The van der Waals surface area contributed by atoms with Crippen LogP contribution >= 0.6 is 31.9 Å². The van der Waals surface area contributed by atoms with Crippen LogP contribution in [0.3, 0.4) is 0 Å². The van der Waals surface area contributed by atoms with E-state index in [9.17, 15) is 4.39 Å². The third-order valence-corrected chi connectivity index (χ3v) is 2.45. The van der Waals surface area contributed by atoms with Gasteiger partial charge in [-0.2, -0.15) is 0 Å². The average molecular weight is 308 g/mol. The highest BCUT2D eigenvalue weighted by molar-refractivity contribution is 9.10. The third kappa shape index (κ3) is 3.61. The summed E-state index contributed by atoms with van der Waals surface area (Å²) in [5.41, 5.74) is 0.868. The molecule has 1 rings (SSSR count). The van der Waals surface area contributed by atoms with Crippen molar-refractivity contribution in [2.45, 2.75) is 11.8 Å². The van der Waals surface area contributed by atoms with Crippen LogP contribution in [0, 0.1) is 5.82 Å². The maximum atomic E-state index is 13.0. The molecule has 1 aromatic rings. The molecule has 1 atom stereocenters. The highest BCUT2D eigenvalue weighted by Gasteiger charge is 1.97. The Labute approximate surface area is 94.1 Å². The van der Waals surface area contributed by atoms with E-state index < -0.39 is 0 Å². The third-order valence-electron chi connectivity index (χ3n) is 1.50. The molecular formula is C10H9Br2F. The summed E-state index contributed by atoms with van der Waals surface area (Å²) in [5, 5.41) is 0. The van der Waals surface area contributed by atoms with E-state index in [1.54, 1.807) is 6.07 Å². The van der Waals surface area contributed by atoms with Crippen molar-refractivity contribution in [3.8, 4) is 0 Å². The van der Waals surface area contributed by atoms with Gasteiger partial charge in [0, 0.05) is 4.83 Å². The van der Waals surface area contributed by atoms with E-state index in [1.165, 1.54) is 6.07 Å². The predicted molar refractivity (Wildman–Crippen MR) is 61.5 cm³/mol. The van der Waals surface area contributed by atoms with Crippen molar-refractivity contribution in [1.29, 1.82) is 0 Å². The zero-order valence-electron chi connectivity index (χ0n) is 7.10. The molecule has 0 spiro atoms. The highest BCUT2D eigenvalue weighted by atomic mass is 79.9. The Bertz CT molecular complexity index is 319. The lowest BCUT2D eigenvalue weighted by atomic mass is 10.2. The molecule has 0 nitrogen and oxygen atoms in total. The van der Waals surface area contributed by atoms with Crippen molar-refractivity contribution in [2.75, 3.05) is 0 Å². The molecule has 13 heavy (non-hydrogen) atoms. The fraction of sp³-hybridized carbons (Fsp3) is 0.200. The van der Waals surface area contributed by atoms with Crippen LogP contribution < -0.4 is 0 Å². The topological polar surface area (TPSA) is 0 Å². The second-order valence-corrected chi connectivity index (χ2v) is 5.01. The number of rotatable bonds is 2. The van der Waals surface area contributed by atoms with Gasteiger partial charge in [0.25, 0.3) is 0 Å². The quantitative estimate of drug-likeness (QED) is 0.711. The number of hydrogen-bond acceptors (Lipinski definition) is 0. The largest absolute Gasteiger partial charge is 0.206 e. The van der Waals surface area contributed by atoms with Crippen LogP contribution in [0.5, 0.6) is 0 Å². The van der Waals surface area contributed by atoms with Crippen LogP contribution in [0.25, 0.3) is 6.08 Å². The Morgan fingerprint density at radius 2 is 2.15 bits per heavy atom. The Hall–Kier alpha value is -0.150. The van der Waals surface area contributed by atoms with Crippen molar-refractivity contribution in [3.05, 3.63) is 40.1 Å². The molecule has 3 heteroatoms. The van der Waals surface area contributed by atoms with Crippen molar-refractivity contribution in [3.63, 3.8) is 0 Å². The number of benzene rings is 1. The molecule has 0 N–H and O–H groups in total. The molecule has 0 radical (unpaired) electrons. The summed E-state index contributed by atoms with van der Waals surface area (Å²) in [6.07, 6.45) is 3.84. The van der Waals surface area contributed by atoms with Gasteiger partial charge in [0.1, 0.15) is 5.82 Å². The molecule has 0 bridgehead atoms. The standard InChI is InChI=1S/C10H9Br2F/c1-7(11)2-3-8-4-5-9(12)10(13)6-8/h2-7H,1H3/b3-2+. The monoisotopic (exact) mass is 306 g/mol. The normalized spacial score (nSPS) is 13.5. The van der Waals surface area contributed by atoms with Gasteiger partial charge in [-0.1, -0.05) is 34.1 Å². The predicted octanol–water partition coefficient (Wildman–Crippen LogP) is 4.38.